The van der Waals surface area contributed by atoms with E-state index in [4.69, 9.17) is 5.73 Å². The standard InChI is InChI=1S/C18H21BrFN/c1-9-10(2)12(4)17(13(5)11(9)3)18(21)15-7-6-14(19)8-16(15)20/h6-8,18H,21H2,1-5H3. The number of nitrogens with two attached hydrogens (primary N) is 1. The van der Waals surface area contributed by atoms with Crippen LogP contribution in [0.1, 0.15) is 45.0 Å². The first kappa shape index (κ1) is 16.2. The van der Waals surface area contributed by atoms with E-state index in [1.165, 1.54) is 22.8 Å². The molecule has 21 heavy (non-hydrogen) atoms. The van der Waals surface area contributed by atoms with Crippen LogP contribution in [-0.4, -0.2) is 0 Å². The van der Waals surface area contributed by atoms with Crippen molar-refractivity contribution in [2.24, 2.45) is 5.73 Å². The van der Waals surface area contributed by atoms with Gasteiger partial charge in [-0.2, -0.15) is 0 Å². The number of halogens is 2. The van der Waals surface area contributed by atoms with Crippen molar-refractivity contribution < 1.29 is 4.39 Å². The Balaban J connectivity index is 2.66. The van der Waals surface area contributed by atoms with E-state index in [1.807, 2.05) is 6.07 Å². The van der Waals surface area contributed by atoms with Gasteiger partial charge in [-0.05, 0) is 80.1 Å². The third-order valence-electron chi connectivity index (χ3n) is 4.67. The molecule has 1 nitrogen and oxygen atoms in total. The molecule has 0 bridgehead atoms. The van der Waals surface area contributed by atoms with Gasteiger partial charge in [0.15, 0.2) is 0 Å². The van der Waals surface area contributed by atoms with Crippen LogP contribution in [0.25, 0.3) is 0 Å². The molecule has 0 aliphatic heterocycles. The van der Waals surface area contributed by atoms with Crippen molar-refractivity contribution in [3.8, 4) is 0 Å². The summed E-state index contributed by atoms with van der Waals surface area (Å²) in [5.41, 5.74) is 14.1. The monoisotopic (exact) mass is 349 g/mol. The van der Waals surface area contributed by atoms with E-state index in [0.717, 1.165) is 21.2 Å². The summed E-state index contributed by atoms with van der Waals surface area (Å²) >= 11 is 3.28. The molecule has 2 aromatic rings. The fourth-order valence-electron chi connectivity index (χ4n) is 2.90. The molecule has 2 aromatic carbocycles. The van der Waals surface area contributed by atoms with Crippen molar-refractivity contribution in [3.05, 3.63) is 67.4 Å². The zero-order valence-electron chi connectivity index (χ0n) is 13.1. The van der Waals surface area contributed by atoms with E-state index in [-0.39, 0.29) is 5.82 Å². The maximum absolute atomic E-state index is 14.2. The van der Waals surface area contributed by atoms with Crippen LogP contribution in [0.5, 0.6) is 0 Å². The quantitative estimate of drug-likeness (QED) is 0.794. The maximum atomic E-state index is 14.2. The van der Waals surface area contributed by atoms with Crippen molar-refractivity contribution in [2.45, 2.75) is 40.7 Å². The minimum absolute atomic E-state index is 0.272. The Morgan fingerprint density at radius 1 is 0.905 bits per heavy atom. The highest BCUT2D eigenvalue weighted by molar-refractivity contribution is 9.10. The average molecular weight is 350 g/mol. The van der Waals surface area contributed by atoms with Crippen LogP contribution in [0.15, 0.2) is 22.7 Å². The molecule has 112 valence electrons. The zero-order valence-corrected chi connectivity index (χ0v) is 14.7. The summed E-state index contributed by atoms with van der Waals surface area (Å²) in [7, 11) is 0. The summed E-state index contributed by atoms with van der Waals surface area (Å²) in [5.74, 6) is -0.272. The minimum atomic E-state index is -0.448. The van der Waals surface area contributed by atoms with Gasteiger partial charge in [0.05, 0.1) is 6.04 Å². The highest BCUT2D eigenvalue weighted by Gasteiger charge is 2.21. The highest BCUT2D eigenvalue weighted by atomic mass is 79.9. The number of hydrogen-bond acceptors (Lipinski definition) is 1. The molecule has 0 aliphatic rings. The molecule has 2 N–H and O–H groups in total. The van der Waals surface area contributed by atoms with Crippen molar-refractivity contribution in [1.82, 2.24) is 0 Å². The second kappa shape index (κ2) is 5.90. The van der Waals surface area contributed by atoms with Gasteiger partial charge in [-0.3, -0.25) is 0 Å². The van der Waals surface area contributed by atoms with Gasteiger partial charge >= 0.3 is 0 Å². The fraction of sp³-hybridized carbons (Fsp3) is 0.333. The SMILES string of the molecule is Cc1c(C)c(C)c(C(N)c2ccc(Br)cc2F)c(C)c1C. The Kier molecular flexibility index (Phi) is 4.54. The molecule has 0 heterocycles. The van der Waals surface area contributed by atoms with Gasteiger partial charge < -0.3 is 5.73 Å². The van der Waals surface area contributed by atoms with Crippen LogP contribution in [-0.2, 0) is 0 Å². The topological polar surface area (TPSA) is 26.0 Å². The van der Waals surface area contributed by atoms with Crippen LogP contribution in [0.3, 0.4) is 0 Å². The molecule has 0 saturated heterocycles. The van der Waals surface area contributed by atoms with Gasteiger partial charge in [-0.15, -0.1) is 0 Å². The third kappa shape index (κ3) is 2.77. The lowest BCUT2D eigenvalue weighted by molar-refractivity contribution is 0.597. The summed E-state index contributed by atoms with van der Waals surface area (Å²) in [6, 6.07) is 4.61. The van der Waals surface area contributed by atoms with E-state index in [2.05, 4.69) is 50.5 Å². The predicted molar refractivity (Wildman–Crippen MR) is 90.3 cm³/mol. The molecule has 0 saturated carbocycles. The lowest BCUT2D eigenvalue weighted by Gasteiger charge is -2.24. The van der Waals surface area contributed by atoms with Crippen LogP contribution in [0, 0.1) is 40.4 Å². The van der Waals surface area contributed by atoms with E-state index < -0.39 is 6.04 Å². The molecular formula is C18H21BrFN. The molecule has 2 rings (SSSR count). The molecule has 1 atom stereocenters. The van der Waals surface area contributed by atoms with E-state index in [1.54, 1.807) is 6.07 Å². The smallest absolute Gasteiger partial charge is 0.129 e. The van der Waals surface area contributed by atoms with Crippen LogP contribution >= 0.6 is 15.9 Å². The first-order valence-corrected chi connectivity index (χ1v) is 7.82. The average Bonchev–Trinajstić information content (AvgIpc) is 2.43. The van der Waals surface area contributed by atoms with Gasteiger partial charge in [-0.25, -0.2) is 4.39 Å². The van der Waals surface area contributed by atoms with Crippen molar-refractivity contribution >= 4 is 15.9 Å². The van der Waals surface area contributed by atoms with Crippen LogP contribution in [0.4, 0.5) is 4.39 Å². The lowest BCUT2D eigenvalue weighted by atomic mass is 9.84. The van der Waals surface area contributed by atoms with Gasteiger partial charge in [0.1, 0.15) is 5.82 Å². The number of hydrogen-bond donors (Lipinski definition) is 1. The Labute approximate surface area is 134 Å². The number of rotatable bonds is 2. The largest absolute Gasteiger partial charge is 0.320 e. The normalized spacial score (nSPS) is 12.6. The molecule has 0 fully saturated rings. The summed E-state index contributed by atoms with van der Waals surface area (Å²) in [5, 5.41) is 0. The highest BCUT2D eigenvalue weighted by Crippen LogP contribution is 2.33. The second-order valence-electron chi connectivity index (χ2n) is 5.68. The summed E-state index contributed by atoms with van der Waals surface area (Å²) < 4.78 is 14.9. The molecule has 0 radical (unpaired) electrons. The zero-order chi connectivity index (χ0) is 15.9. The molecule has 0 spiro atoms. The molecule has 0 amide bonds. The van der Waals surface area contributed by atoms with E-state index >= 15 is 0 Å². The Bertz CT molecular complexity index is 678. The Hall–Kier alpha value is -1.19. The lowest BCUT2D eigenvalue weighted by Crippen LogP contribution is -2.18. The second-order valence-corrected chi connectivity index (χ2v) is 6.60. The maximum Gasteiger partial charge on any atom is 0.129 e. The third-order valence-corrected chi connectivity index (χ3v) is 5.16. The summed E-state index contributed by atoms with van der Waals surface area (Å²) in [6.45, 7) is 10.5. The molecule has 0 aromatic heterocycles. The first-order valence-electron chi connectivity index (χ1n) is 7.03. The van der Waals surface area contributed by atoms with Crippen molar-refractivity contribution in [2.75, 3.05) is 0 Å². The van der Waals surface area contributed by atoms with Crippen LogP contribution in [0.2, 0.25) is 0 Å². The van der Waals surface area contributed by atoms with Crippen molar-refractivity contribution in [3.63, 3.8) is 0 Å². The van der Waals surface area contributed by atoms with E-state index in [9.17, 15) is 4.39 Å². The van der Waals surface area contributed by atoms with Crippen LogP contribution < -0.4 is 5.73 Å². The predicted octanol–water partition coefficient (Wildman–Crippen LogP) is 5.18. The summed E-state index contributed by atoms with van der Waals surface area (Å²) in [4.78, 5) is 0. The molecule has 1 unspecified atom stereocenters. The van der Waals surface area contributed by atoms with Gasteiger partial charge in [0.25, 0.3) is 0 Å². The first-order chi connectivity index (χ1) is 9.75. The van der Waals surface area contributed by atoms with Gasteiger partial charge in [0, 0.05) is 10.0 Å². The summed E-state index contributed by atoms with van der Waals surface area (Å²) in [6.07, 6.45) is 0. The Morgan fingerprint density at radius 3 is 1.86 bits per heavy atom. The van der Waals surface area contributed by atoms with E-state index in [0.29, 0.717) is 5.56 Å². The van der Waals surface area contributed by atoms with Gasteiger partial charge in [-0.1, -0.05) is 22.0 Å². The molecular weight excluding hydrogens is 329 g/mol. The minimum Gasteiger partial charge on any atom is -0.320 e. The Morgan fingerprint density at radius 2 is 1.38 bits per heavy atom. The van der Waals surface area contributed by atoms with Gasteiger partial charge in [0.2, 0.25) is 0 Å². The molecule has 3 heteroatoms. The number of benzene rings is 2. The fourth-order valence-corrected chi connectivity index (χ4v) is 3.24. The molecule has 0 aliphatic carbocycles. The van der Waals surface area contributed by atoms with Crippen molar-refractivity contribution in [1.29, 1.82) is 0 Å².